The molecule has 4 rings (SSSR count). The lowest BCUT2D eigenvalue weighted by Crippen LogP contribution is -2.23. The number of carbonyl (C=O) groups excluding carboxylic acids is 1. The Balaban J connectivity index is 1.68. The van der Waals surface area contributed by atoms with Gasteiger partial charge in [0, 0.05) is 16.2 Å². The lowest BCUT2D eigenvalue weighted by Gasteiger charge is -2.18. The normalized spacial score (nSPS) is 11.3. The summed E-state index contributed by atoms with van der Waals surface area (Å²) in [4.78, 5) is 19.1. The minimum absolute atomic E-state index is 0.110. The van der Waals surface area contributed by atoms with Gasteiger partial charge in [-0.25, -0.2) is 4.98 Å². The van der Waals surface area contributed by atoms with Crippen LogP contribution in [0.1, 0.15) is 11.3 Å². The van der Waals surface area contributed by atoms with Gasteiger partial charge in [-0.05, 0) is 47.5 Å². The number of hydrogen-bond donors (Lipinski definition) is 0. The minimum atomic E-state index is -0.110. The average molecular weight is 377 g/mol. The van der Waals surface area contributed by atoms with Crippen LogP contribution in [0.3, 0.4) is 0 Å². The molecular weight excluding hydrogens is 360 g/mol. The maximum absolute atomic E-state index is 13.0. The van der Waals surface area contributed by atoms with E-state index >= 15 is 0 Å². The molecule has 1 amide bonds. The van der Waals surface area contributed by atoms with Crippen molar-refractivity contribution in [3.8, 4) is 0 Å². The molecule has 4 aromatic rings. The summed E-state index contributed by atoms with van der Waals surface area (Å²) in [6.07, 6.45) is 3.51. The third kappa shape index (κ3) is 3.31. The molecule has 0 radical (unpaired) electrons. The molecule has 0 N–H and O–H groups in total. The first kappa shape index (κ1) is 16.7. The minimum Gasteiger partial charge on any atom is -0.269 e. The van der Waals surface area contributed by atoms with Crippen LogP contribution in [0.4, 0.5) is 10.8 Å². The summed E-state index contributed by atoms with van der Waals surface area (Å²) in [5.41, 5.74) is 2.78. The second kappa shape index (κ2) is 7.23. The molecule has 2 aromatic heterocycles. The van der Waals surface area contributed by atoms with Crippen LogP contribution in [0.15, 0.2) is 71.4 Å². The average Bonchev–Trinajstić information content (AvgIpc) is 3.27. The van der Waals surface area contributed by atoms with Gasteiger partial charge < -0.3 is 0 Å². The quantitative estimate of drug-likeness (QED) is 0.407. The summed E-state index contributed by atoms with van der Waals surface area (Å²) in [7, 11) is 0. The molecule has 0 saturated carbocycles. The van der Waals surface area contributed by atoms with Crippen molar-refractivity contribution < 1.29 is 4.79 Å². The van der Waals surface area contributed by atoms with Crippen LogP contribution in [0.25, 0.3) is 16.2 Å². The van der Waals surface area contributed by atoms with E-state index in [0.29, 0.717) is 5.13 Å². The number of carbonyl (C=O) groups is 1. The molecule has 0 saturated heterocycles. The van der Waals surface area contributed by atoms with Gasteiger partial charge in [-0.2, -0.15) is 0 Å². The van der Waals surface area contributed by atoms with Crippen molar-refractivity contribution >= 4 is 55.6 Å². The molecule has 0 spiro atoms. The van der Waals surface area contributed by atoms with Gasteiger partial charge in [0.25, 0.3) is 5.91 Å². The fraction of sp³-hybridized carbons (Fsp3) is 0.0476. The SMILES string of the molecule is Cc1csc(N(C(=O)/C=C/c2csc3ccccc23)c2ccccc2)n1. The fourth-order valence-corrected chi connectivity index (χ4v) is 4.47. The van der Waals surface area contributed by atoms with Crippen LogP contribution >= 0.6 is 22.7 Å². The molecule has 2 heterocycles. The molecule has 0 unspecified atom stereocenters. The Kier molecular flexibility index (Phi) is 4.65. The summed E-state index contributed by atoms with van der Waals surface area (Å²) in [6.45, 7) is 1.93. The summed E-state index contributed by atoms with van der Waals surface area (Å²) in [6, 6.07) is 17.8. The topological polar surface area (TPSA) is 33.2 Å². The largest absolute Gasteiger partial charge is 0.269 e. The standard InChI is InChI=1S/C21H16N2OS2/c1-15-13-26-21(22-15)23(17-7-3-2-4-8-17)20(24)12-11-16-14-25-19-10-6-5-9-18(16)19/h2-14H,1H3/b12-11+. The van der Waals surface area contributed by atoms with Gasteiger partial charge in [-0.3, -0.25) is 9.69 Å². The highest BCUT2D eigenvalue weighted by Crippen LogP contribution is 2.30. The molecule has 0 atom stereocenters. The number of thiazole rings is 1. The van der Waals surface area contributed by atoms with E-state index in [1.54, 1.807) is 22.3 Å². The number of amides is 1. The van der Waals surface area contributed by atoms with E-state index in [2.05, 4.69) is 22.5 Å². The number of aryl methyl sites for hydroxylation is 1. The smallest absolute Gasteiger partial charge is 0.257 e. The number of rotatable bonds is 4. The molecule has 3 nitrogen and oxygen atoms in total. The van der Waals surface area contributed by atoms with Crippen molar-refractivity contribution in [2.45, 2.75) is 6.92 Å². The molecule has 0 aliphatic carbocycles. The predicted molar refractivity (Wildman–Crippen MR) is 111 cm³/mol. The Morgan fingerprint density at radius 2 is 1.77 bits per heavy atom. The van der Waals surface area contributed by atoms with E-state index in [1.165, 1.54) is 16.0 Å². The molecule has 0 aliphatic rings. The van der Waals surface area contributed by atoms with Crippen LogP contribution in [0.2, 0.25) is 0 Å². The predicted octanol–water partition coefficient (Wildman–Crippen LogP) is 6.04. The number of para-hydroxylation sites is 1. The molecule has 5 heteroatoms. The Hall–Kier alpha value is -2.76. The Morgan fingerprint density at radius 1 is 1.00 bits per heavy atom. The van der Waals surface area contributed by atoms with Crippen molar-refractivity contribution in [3.63, 3.8) is 0 Å². The van der Waals surface area contributed by atoms with Crippen molar-refractivity contribution in [3.05, 3.63) is 82.7 Å². The van der Waals surface area contributed by atoms with Crippen LogP contribution in [-0.4, -0.2) is 10.9 Å². The second-order valence-electron chi connectivity index (χ2n) is 5.80. The van der Waals surface area contributed by atoms with Crippen LogP contribution in [0, 0.1) is 6.92 Å². The number of hydrogen-bond acceptors (Lipinski definition) is 4. The molecular formula is C21H16N2OS2. The highest BCUT2D eigenvalue weighted by Gasteiger charge is 2.18. The monoisotopic (exact) mass is 376 g/mol. The first-order valence-corrected chi connectivity index (χ1v) is 9.94. The van der Waals surface area contributed by atoms with E-state index in [4.69, 9.17) is 0 Å². The lowest BCUT2D eigenvalue weighted by molar-refractivity contribution is -0.113. The van der Waals surface area contributed by atoms with Crippen molar-refractivity contribution in [1.82, 2.24) is 4.98 Å². The zero-order chi connectivity index (χ0) is 17.9. The zero-order valence-corrected chi connectivity index (χ0v) is 15.8. The van der Waals surface area contributed by atoms with Gasteiger partial charge in [0.2, 0.25) is 0 Å². The number of anilines is 2. The number of thiophene rings is 1. The molecule has 0 bridgehead atoms. The summed E-state index contributed by atoms with van der Waals surface area (Å²) < 4.78 is 1.22. The maximum atomic E-state index is 13.0. The third-order valence-corrected chi connectivity index (χ3v) is 5.87. The number of nitrogens with zero attached hydrogens (tertiary/aromatic N) is 2. The first-order valence-electron chi connectivity index (χ1n) is 8.18. The molecule has 26 heavy (non-hydrogen) atoms. The van der Waals surface area contributed by atoms with Crippen LogP contribution in [0.5, 0.6) is 0 Å². The number of benzene rings is 2. The molecule has 0 fully saturated rings. The lowest BCUT2D eigenvalue weighted by atomic mass is 10.1. The van der Waals surface area contributed by atoms with Crippen molar-refractivity contribution in [2.75, 3.05) is 4.90 Å². The van der Waals surface area contributed by atoms with Gasteiger partial charge in [-0.15, -0.1) is 22.7 Å². The molecule has 128 valence electrons. The first-order chi connectivity index (χ1) is 12.7. The van der Waals surface area contributed by atoms with Gasteiger partial charge in [0.15, 0.2) is 5.13 Å². The van der Waals surface area contributed by atoms with Crippen molar-refractivity contribution in [1.29, 1.82) is 0 Å². The maximum Gasteiger partial charge on any atom is 0.257 e. The Bertz CT molecular complexity index is 1080. The van der Waals surface area contributed by atoms with Crippen LogP contribution in [-0.2, 0) is 4.79 Å². The fourth-order valence-electron chi connectivity index (χ4n) is 2.72. The van der Waals surface area contributed by atoms with E-state index in [1.807, 2.05) is 60.8 Å². The zero-order valence-electron chi connectivity index (χ0n) is 14.1. The third-order valence-electron chi connectivity index (χ3n) is 3.95. The highest BCUT2D eigenvalue weighted by molar-refractivity contribution is 7.17. The van der Waals surface area contributed by atoms with Gasteiger partial charge >= 0.3 is 0 Å². The van der Waals surface area contributed by atoms with E-state index in [-0.39, 0.29) is 5.91 Å². The summed E-state index contributed by atoms with van der Waals surface area (Å²) in [5.74, 6) is -0.110. The Labute approximate surface area is 159 Å². The van der Waals surface area contributed by atoms with Gasteiger partial charge in [-0.1, -0.05) is 36.4 Å². The number of fused-ring (bicyclic) bond motifs is 1. The second-order valence-corrected chi connectivity index (χ2v) is 7.55. The summed E-state index contributed by atoms with van der Waals surface area (Å²) >= 11 is 3.15. The van der Waals surface area contributed by atoms with Crippen LogP contribution < -0.4 is 4.90 Å². The van der Waals surface area contributed by atoms with Gasteiger partial charge in [0.05, 0.1) is 11.4 Å². The van der Waals surface area contributed by atoms with Crippen molar-refractivity contribution in [2.24, 2.45) is 0 Å². The van der Waals surface area contributed by atoms with Gasteiger partial charge in [0.1, 0.15) is 0 Å². The van der Waals surface area contributed by atoms with E-state index in [0.717, 1.165) is 22.3 Å². The van der Waals surface area contributed by atoms with E-state index < -0.39 is 0 Å². The number of aromatic nitrogens is 1. The summed E-state index contributed by atoms with van der Waals surface area (Å²) in [5, 5.41) is 5.88. The van der Waals surface area contributed by atoms with E-state index in [9.17, 15) is 4.79 Å². The molecule has 2 aromatic carbocycles. The highest BCUT2D eigenvalue weighted by atomic mass is 32.1. The molecule has 0 aliphatic heterocycles. The Morgan fingerprint density at radius 3 is 2.54 bits per heavy atom.